The van der Waals surface area contributed by atoms with Gasteiger partial charge in [0.1, 0.15) is 5.82 Å². The summed E-state index contributed by atoms with van der Waals surface area (Å²) in [5.41, 5.74) is -0.0935. The molecule has 1 N–H and O–H groups in total. The molecule has 0 radical (unpaired) electrons. The topological polar surface area (TPSA) is 86.0 Å². The second kappa shape index (κ2) is 9.39. The average Bonchev–Trinajstić information content (AvgIpc) is 2.83. The van der Waals surface area contributed by atoms with E-state index < -0.39 is 9.84 Å². The Morgan fingerprint density at radius 1 is 1.20 bits per heavy atom. The van der Waals surface area contributed by atoms with Crippen LogP contribution in [0.25, 0.3) is 0 Å². The summed E-state index contributed by atoms with van der Waals surface area (Å²) in [6.07, 6.45) is 3.53. The number of piperidine rings is 1. The number of sulfone groups is 1. The molecule has 0 aromatic carbocycles. The highest BCUT2D eigenvalue weighted by Crippen LogP contribution is 2.24. The minimum Gasteiger partial charge on any atom is -0.317 e. The summed E-state index contributed by atoms with van der Waals surface area (Å²) < 4.78 is 26.8. The van der Waals surface area contributed by atoms with E-state index in [0.717, 1.165) is 38.2 Å². The lowest BCUT2D eigenvalue weighted by molar-refractivity contribution is 0.392. The van der Waals surface area contributed by atoms with Crippen LogP contribution in [0.15, 0.2) is 4.79 Å². The molecule has 0 aliphatic carbocycles. The molecule has 146 valence electrons. The van der Waals surface area contributed by atoms with Gasteiger partial charge < -0.3 is 5.32 Å². The fourth-order valence-corrected chi connectivity index (χ4v) is 5.53. The van der Waals surface area contributed by atoms with Crippen LogP contribution in [-0.4, -0.2) is 47.4 Å². The Hall–Kier alpha value is -0.570. The van der Waals surface area contributed by atoms with E-state index in [-0.39, 0.29) is 47.9 Å². The summed E-state index contributed by atoms with van der Waals surface area (Å²) in [7, 11) is -2.95. The Balaban J connectivity index is 0.00000156. The van der Waals surface area contributed by atoms with Gasteiger partial charge in [0.15, 0.2) is 9.84 Å². The van der Waals surface area contributed by atoms with Crippen LogP contribution in [0.3, 0.4) is 0 Å². The van der Waals surface area contributed by atoms with Crippen molar-refractivity contribution in [3.05, 3.63) is 16.3 Å². The maximum Gasteiger partial charge on any atom is 0.345 e. The van der Waals surface area contributed by atoms with E-state index in [1.807, 2.05) is 6.92 Å². The van der Waals surface area contributed by atoms with Gasteiger partial charge in [0.05, 0.1) is 18.1 Å². The van der Waals surface area contributed by atoms with Crippen molar-refractivity contribution >= 4 is 34.7 Å². The van der Waals surface area contributed by atoms with E-state index in [1.54, 1.807) is 4.57 Å². The maximum atomic E-state index is 12.6. The molecule has 1 aromatic rings. The lowest BCUT2D eigenvalue weighted by Crippen LogP contribution is -2.33. The fourth-order valence-electron chi connectivity index (χ4n) is 3.76. The molecule has 25 heavy (non-hydrogen) atoms. The molecule has 3 rings (SSSR count). The SMILES string of the molecule is CCn1c(C2CCNCC2)nn(CC2CCCS(=O)(=O)C2)c1=O.Cl.Cl. The minimum atomic E-state index is -2.95. The van der Waals surface area contributed by atoms with Gasteiger partial charge in [-0.25, -0.2) is 17.9 Å². The van der Waals surface area contributed by atoms with Crippen LogP contribution in [0.4, 0.5) is 0 Å². The van der Waals surface area contributed by atoms with Crippen molar-refractivity contribution < 1.29 is 8.42 Å². The summed E-state index contributed by atoms with van der Waals surface area (Å²) in [5.74, 6) is 1.66. The number of nitrogens with zero attached hydrogens (tertiary/aromatic N) is 3. The van der Waals surface area contributed by atoms with E-state index in [0.29, 0.717) is 25.4 Å². The third-order valence-electron chi connectivity index (χ3n) is 4.96. The molecule has 3 heterocycles. The van der Waals surface area contributed by atoms with Crippen molar-refractivity contribution in [2.75, 3.05) is 24.6 Å². The van der Waals surface area contributed by atoms with E-state index in [9.17, 15) is 13.2 Å². The first kappa shape index (κ1) is 22.5. The smallest absolute Gasteiger partial charge is 0.317 e. The Morgan fingerprint density at radius 2 is 1.88 bits per heavy atom. The molecule has 0 spiro atoms. The van der Waals surface area contributed by atoms with Crippen molar-refractivity contribution in [3.63, 3.8) is 0 Å². The molecule has 0 saturated carbocycles. The summed E-state index contributed by atoms with van der Waals surface area (Å²) >= 11 is 0. The highest BCUT2D eigenvalue weighted by atomic mass is 35.5. The van der Waals surface area contributed by atoms with Gasteiger partial charge >= 0.3 is 5.69 Å². The molecule has 2 fully saturated rings. The summed E-state index contributed by atoms with van der Waals surface area (Å²) in [6.45, 7) is 4.90. The number of nitrogens with one attached hydrogen (secondary N) is 1. The van der Waals surface area contributed by atoms with Crippen LogP contribution >= 0.6 is 24.8 Å². The molecule has 10 heteroatoms. The van der Waals surface area contributed by atoms with E-state index in [4.69, 9.17) is 0 Å². The molecule has 1 unspecified atom stereocenters. The quantitative estimate of drug-likeness (QED) is 0.799. The van der Waals surface area contributed by atoms with Gasteiger partial charge in [0, 0.05) is 12.5 Å². The van der Waals surface area contributed by atoms with Gasteiger partial charge in [-0.15, -0.1) is 24.8 Å². The molecular formula is C15H28Cl2N4O3S. The van der Waals surface area contributed by atoms with Crippen molar-refractivity contribution in [2.45, 2.75) is 51.6 Å². The van der Waals surface area contributed by atoms with Gasteiger partial charge in [0.2, 0.25) is 0 Å². The van der Waals surface area contributed by atoms with Gasteiger partial charge in [-0.2, -0.15) is 5.10 Å². The monoisotopic (exact) mass is 414 g/mol. The van der Waals surface area contributed by atoms with Gasteiger partial charge in [-0.05, 0) is 51.6 Å². The number of halogens is 2. The van der Waals surface area contributed by atoms with Crippen molar-refractivity contribution in [3.8, 4) is 0 Å². The van der Waals surface area contributed by atoms with Crippen LogP contribution in [0, 0.1) is 5.92 Å². The number of hydrogen-bond acceptors (Lipinski definition) is 5. The molecule has 1 atom stereocenters. The Morgan fingerprint density at radius 3 is 2.48 bits per heavy atom. The van der Waals surface area contributed by atoms with Crippen LogP contribution in [0.5, 0.6) is 0 Å². The molecule has 7 nitrogen and oxygen atoms in total. The Labute approximate surface area is 161 Å². The standard InChI is InChI=1S/C15H26N4O3S.2ClH/c1-2-18-14(13-5-7-16-8-6-13)17-19(15(18)20)10-12-4-3-9-23(21,22)11-12;;/h12-13,16H,2-11H2,1H3;2*1H. The normalized spacial score (nSPS) is 23.5. The lowest BCUT2D eigenvalue weighted by Gasteiger charge is -2.22. The second-order valence-electron chi connectivity index (χ2n) is 6.71. The molecule has 2 aliphatic rings. The molecule has 0 bridgehead atoms. The molecular weight excluding hydrogens is 387 g/mol. The average molecular weight is 415 g/mol. The van der Waals surface area contributed by atoms with Crippen molar-refractivity contribution in [1.82, 2.24) is 19.7 Å². The van der Waals surface area contributed by atoms with E-state index in [1.165, 1.54) is 4.68 Å². The summed E-state index contributed by atoms with van der Waals surface area (Å²) in [6, 6.07) is 0. The second-order valence-corrected chi connectivity index (χ2v) is 8.94. The van der Waals surface area contributed by atoms with Crippen LogP contribution in [-0.2, 0) is 22.9 Å². The molecule has 2 aliphatic heterocycles. The number of rotatable bonds is 4. The molecule has 0 amide bonds. The zero-order valence-corrected chi connectivity index (χ0v) is 17.0. The van der Waals surface area contributed by atoms with Gasteiger partial charge in [0.25, 0.3) is 0 Å². The van der Waals surface area contributed by atoms with Crippen molar-refractivity contribution in [2.24, 2.45) is 5.92 Å². The van der Waals surface area contributed by atoms with Crippen LogP contribution in [0.2, 0.25) is 0 Å². The fraction of sp³-hybridized carbons (Fsp3) is 0.867. The predicted molar refractivity (Wildman–Crippen MR) is 103 cm³/mol. The maximum absolute atomic E-state index is 12.6. The van der Waals surface area contributed by atoms with Gasteiger partial charge in [-0.1, -0.05) is 0 Å². The van der Waals surface area contributed by atoms with Crippen molar-refractivity contribution in [1.29, 1.82) is 0 Å². The highest BCUT2D eigenvalue weighted by Gasteiger charge is 2.28. The summed E-state index contributed by atoms with van der Waals surface area (Å²) in [4.78, 5) is 12.6. The largest absolute Gasteiger partial charge is 0.345 e. The van der Waals surface area contributed by atoms with Gasteiger partial charge in [-0.3, -0.25) is 4.57 Å². The minimum absolute atomic E-state index is 0. The zero-order chi connectivity index (χ0) is 16.4. The first-order valence-electron chi connectivity index (χ1n) is 8.59. The summed E-state index contributed by atoms with van der Waals surface area (Å²) in [5, 5.41) is 7.92. The Kier molecular flexibility index (Phi) is 8.44. The third-order valence-corrected chi connectivity index (χ3v) is 6.85. The third kappa shape index (κ3) is 5.21. The van der Waals surface area contributed by atoms with Crippen LogP contribution < -0.4 is 11.0 Å². The first-order valence-corrected chi connectivity index (χ1v) is 10.4. The number of hydrogen-bond donors (Lipinski definition) is 1. The first-order chi connectivity index (χ1) is 11.0. The van der Waals surface area contributed by atoms with E-state index >= 15 is 0 Å². The highest BCUT2D eigenvalue weighted by molar-refractivity contribution is 7.91. The lowest BCUT2D eigenvalue weighted by atomic mass is 9.97. The predicted octanol–water partition coefficient (Wildman–Crippen LogP) is 1.20. The molecule has 1 aromatic heterocycles. The zero-order valence-electron chi connectivity index (χ0n) is 14.5. The number of aromatic nitrogens is 3. The Bertz CT molecular complexity index is 711. The van der Waals surface area contributed by atoms with E-state index in [2.05, 4.69) is 10.4 Å². The van der Waals surface area contributed by atoms with Crippen LogP contribution in [0.1, 0.15) is 44.3 Å². The molecule has 2 saturated heterocycles.